The van der Waals surface area contributed by atoms with Crippen molar-refractivity contribution in [1.29, 1.82) is 0 Å². The number of quaternary nitrogens is 1. The van der Waals surface area contributed by atoms with Crippen molar-refractivity contribution in [1.82, 2.24) is 4.90 Å². The smallest absolute Gasteiger partial charge is 0.349 e. The maximum atomic E-state index is 13.6. The van der Waals surface area contributed by atoms with Gasteiger partial charge in [-0.15, -0.1) is 0 Å². The normalized spacial score (nSPS) is 25.5. The quantitative estimate of drug-likeness (QED) is 0.853. The molecule has 6 nitrogen and oxygen atoms in total. The molecule has 2 aliphatic rings. The number of rotatable bonds is 2. The highest BCUT2D eigenvalue weighted by Gasteiger charge is 2.53. The minimum Gasteiger partial charge on any atom is -0.861 e. The van der Waals surface area contributed by atoms with Gasteiger partial charge in [-0.3, -0.25) is 9.69 Å². The summed E-state index contributed by atoms with van der Waals surface area (Å²) in [5.74, 6) is -1.06. The highest BCUT2D eigenvalue weighted by atomic mass is 16.3. The van der Waals surface area contributed by atoms with Gasteiger partial charge in [0.25, 0.3) is 0 Å². The van der Waals surface area contributed by atoms with Gasteiger partial charge in [0, 0.05) is 12.0 Å². The zero-order chi connectivity index (χ0) is 20.1. The molecule has 1 spiro atoms. The molecule has 3 amide bonds. The van der Waals surface area contributed by atoms with Crippen LogP contribution in [0, 0.1) is 12.3 Å². The van der Waals surface area contributed by atoms with Gasteiger partial charge in [0.2, 0.25) is 5.91 Å². The number of aryl methyl sites for hydroxylation is 1. The number of imide groups is 1. The average Bonchev–Trinajstić information content (AvgIpc) is 2.67. The number of carbonyl (C=O) groups is 2. The summed E-state index contributed by atoms with van der Waals surface area (Å²) in [5, 5.41) is 12.9. The summed E-state index contributed by atoms with van der Waals surface area (Å²) in [4.78, 5) is 32.0. The molecule has 1 N–H and O–H groups in total. The van der Waals surface area contributed by atoms with Crippen molar-refractivity contribution in [3.63, 3.8) is 0 Å². The van der Waals surface area contributed by atoms with Crippen molar-refractivity contribution < 1.29 is 19.6 Å². The van der Waals surface area contributed by atoms with E-state index in [1.54, 1.807) is 6.92 Å². The third kappa shape index (κ3) is 2.72. The highest BCUT2D eigenvalue weighted by molar-refractivity contribution is 6.16. The molecule has 2 aromatic carbocycles. The van der Waals surface area contributed by atoms with Gasteiger partial charge in [-0.05, 0) is 31.4 Å². The first kappa shape index (κ1) is 18.4. The van der Waals surface area contributed by atoms with Crippen molar-refractivity contribution in [3.05, 3.63) is 65.2 Å². The Morgan fingerprint density at radius 1 is 1.18 bits per heavy atom. The molecule has 4 rings (SSSR count). The molecule has 3 atom stereocenters. The lowest BCUT2D eigenvalue weighted by Crippen LogP contribution is -3.08. The van der Waals surface area contributed by atoms with Gasteiger partial charge in [0.1, 0.15) is 17.6 Å². The Balaban J connectivity index is 1.78. The van der Waals surface area contributed by atoms with Crippen molar-refractivity contribution in [2.24, 2.45) is 10.4 Å². The first-order valence-corrected chi connectivity index (χ1v) is 9.44. The predicted molar refractivity (Wildman–Crippen MR) is 103 cm³/mol. The van der Waals surface area contributed by atoms with Crippen LogP contribution in [0.15, 0.2) is 53.5 Å². The maximum absolute atomic E-state index is 13.6. The summed E-state index contributed by atoms with van der Waals surface area (Å²) >= 11 is 0. The van der Waals surface area contributed by atoms with Gasteiger partial charge >= 0.3 is 6.03 Å². The van der Waals surface area contributed by atoms with E-state index in [4.69, 9.17) is 0 Å². The number of carbonyl (C=O) groups excluding carboxylic acids is 2. The molecule has 2 aromatic rings. The molecule has 2 heterocycles. The summed E-state index contributed by atoms with van der Waals surface area (Å²) < 4.78 is 0. The molecular formula is C22H23N3O3. The molecule has 2 aliphatic heterocycles. The van der Waals surface area contributed by atoms with Crippen LogP contribution in [0.1, 0.15) is 29.7 Å². The Kier molecular flexibility index (Phi) is 4.31. The summed E-state index contributed by atoms with van der Waals surface area (Å²) in [6, 6.07) is 14.2. The van der Waals surface area contributed by atoms with E-state index in [1.807, 2.05) is 62.5 Å². The second kappa shape index (κ2) is 6.56. The lowest BCUT2D eigenvalue weighted by molar-refractivity contribution is -0.819. The largest absolute Gasteiger partial charge is 0.861 e. The van der Waals surface area contributed by atoms with E-state index in [-0.39, 0.29) is 13.0 Å². The first-order valence-electron chi connectivity index (χ1n) is 9.44. The lowest BCUT2D eigenvalue weighted by Gasteiger charge is -2.46. The van der Waals surface area contributed by atoms with Crippen molar-refractivity contribution in [2.75, 3.05) is 13.6 Å². The van der Waals surface area contributed by atoms with Crippen molar-refractivity contribution >= 4 is 23.5 Å². The molecule has 0 saturated heterocycles. The fraction of sp³-hybridized carbons (Fsp3) is 0.318. The first-order chi connectivity index (χ1) is 13.3. The zero-order valence-corrected chi connectivity index (χ0v) is 16.2. The molecule has 0 bridgehead atoms. The van der Waals surface area contributed by atoms with Crippen LogP contribution >= 0.6 is 0 Å². The number of amides is 3. The maximum Gasteiger partial charge on any atom is 0.349 e. The van der Waals surface area contributed by atoms with E-state index in [9.17, 15) is 14.7 Å². The third-order valence-corrected chi connectivity index (χ3v) is 5.89. The predicted octanol–water partition coefficient (Wildman–Crippen LogP) is 1.17. The minimum absolute atomic E-state index is 0.272. The van der Waals surface area contributed by atoms with Crippen molar-refractivity contribution in [2.45, 2.75) is 26.3 Å². The van der Waals surface area contributed by atoms with Gasteiger partial charge in [0.05, 0.1) is 13.1 Å². The van der Waals surface area contributed by atoms with Crippen LogP contribution in [-0.2, 0) is 11.2 Å². The topological polar surface area (TPSA) is 77.2 Å². The molecule has 0 aromatic heterocycles. The summed E-state index contributed by atoms with van der Waals surface area (Å²) in [5.41, 5.74) is 2.61. The fourth-order valence-electron chi connectivity index (χ4n) is 4.40. The number of nitrogens with one attached hydrogen (secondary N) is 1. The van der Waals surface area contributed by atoms with Crippen LogP contribution in [-0.4, -0.2) is 36.3 Å². The van der Waals surface area contributed by atoms with Gasteiger partial charge in [-0.1, -0.05) is 48.0 Å². The van der Waals surface area contributed by atoms with E-state index < -0.39 is 29.3 Å². The number of fused-ring (bicyclic) bond motifs is 1. The summed E-state index contributed by atoms with van der Waals surface area (Å²) in [6.07, 6.45) is 0.272. The molecule has 28 heavy (non-hydrogen) atoms. The number of urea groups is 1. The van der Waals surface area contributed by atoms with Crippen LogP contribution in [0.5, 0.6) is 0 Å². The van der Waals surface area contributed by atoms with E-state index in [1.165, 1.54) is 0 Å². The number of benzene rings is 2. The van der Waals surface area contributed by atoms with Gasteiger partial charge in [-0.2, -0.15) is 0 Å². The lowest BCUT2D eigenvalue weighted by atomic mass is 9.74. The monoisotopic (exact) mass is 377 g/mol. The van der Waals surface area contributed by atoms with Crippen LogP contribution in [0.2, 0.25) is 0 Å². The number of nitrogens with zero attached hydrogens (tertiary/aromatic N) is 2. The summed E-state index contributed by atoms with van der Waals surface area (Å²) in [7, 11) is 1.94. The molecule has 3 unspecified atom stereocenters. The second-order valence-corrected chi connectivity index (χ2v) is 7.84. The molecule has 0 fully saturated rings. The number of hydrogen-bond acceptors (Lipinski definition) is 3. The Labute approximate surface area is 164 Å². The standard InChI is InChI=1S/C22H23N3O3/c1-14-9-10-18-17(11-14)12-22(13-24(18)3)19(26)23-21(28)25(20(22)27)15(2)16-7-5-4-6-8-16/h4-11,15H,12-13H2,1-3H3,(H,23,26,28). The van der Waals surface area contributed by atoms with E-state index in [0.29, 0.717) is 0 Å². The second-order valence-electron chi connectivity index (χ2n) is 7.84. The zero-order valence-electron chi connectivity index (χ0n) is 16.2. The molecular weight excluding hydrogens is 354 g/mol. The molecule has 0 radical (unpaired) electrons. The summed E-state index contributed by atoms with van der Waals surface area (Å²) in [6.45, 7) is 4.07. The van der Waals surface area contributed by atoms with Crippen LogP contribution in [0.4, 0.5) is 10.5 Å². The van der Waals surface area contributed by atoms with Crippen LogP contribution in [0.25, 0.3) is 0 Å². The minimum atomic E-state index is -1.33. The Morgan fingerprint density at radius 2 is 1.89 bits per heavy atom. The number of hydrogen-bond donors (Lipinski definition) is 1. The number of aliphatic imine (C=N–C) groups is 1. The van der Waals surface area contributed by atoms with Crippen LogP contribution in [0.3, 0.4) is 0 Å². The average molecular weight is 377 g/mol. The van der Waals surface area contributed by atoms with E-state index >= 15 is 0 Å². The molecule has 0 saturated carbocycles. The Morgan fingerprint density at radius 3 is 2.61 bits per heavy atom. The van der Waals surface area contributed by atoms with E-state index in [2.05, 4.69) is 4.99 Å². The van der Waals surface area contributed by atoms with Gasteiger partial charge < -0.3 is 10.0 Å². The van der Waals surface area contributed by atoms with Crippen molar-refractivity contribution in [3.8, 4) is 0 Å². The third-order valence-electron chi connectivity index (χ3n) is 5.89. The Bertz CT molecular complexity index is 986. The van der Waals surface area contributed by atoms with E-state index in [0.717, 1.165) is 32.2 Å². The van der Waals surface area contributed by atoms with Crippen LogP contribution < -0.4 is 10.0 Å². The highest BCUT2D eigenvalue weighted by Crippen LogP contribution is 2.37. The molecule has 144 valence electrons. The van der Waals surface area contributed by atoms with Gasteiger partial charge in [0.15, 0.2) is 0 Å². The fourth-order valence-corrected chi connectivity index (χ4v) is 4.40. The molecule has 0 aliphatic carbocycles. The molecule has 6 heteroatoms. The van der Waals surface area contributed by atoms with Gasteiger partial charge in [-0.25, -0.2) is 9.79 Å². The SMILES string of the molecule is Cc1ccc2c(c1)CC1(C[NH+]2C)C(=O)N(C(C)c2ccccc2)C(=O)N=C1[O-]. The Hall–Kier alpha value is -2.99.